The van der Waals surface area contributed by atoms with Crippen molar-refractivity contribution in [2.75, 3.05) is 19.1 Å². The van der Waals surface area contributed by atoms with E-state index in [0.717, 1.165) is 39.6 Å². The lowest BCUT2D eigenvalue weighted by Crippen LogP contribution is -2.29. The van der Waals surface area contributed by atoms with Gasteiger partial charge in [-0.3, -0.25) is 14.8 Å². The molecule has 0 aliphatic carbocycles. The predicted molar refractivity (Wildman–Crippen MR) is 119 cm³/mol. The Morgan fingerprint density at radius 3 is 2.06 bits per heavy atom. The lowest BCUT2D eigenvalue weighted by molar-refractivity contribution is 0.0989. The highest BCUT2D eigenvalue weighted by Crippen LogP contribution is 2.45. The molecule has 3 aromatic carbocycles. The summed E-state index contributed by atoms with van der Waals surface area (Å²) in [7, 11) is 3.28. The van der Waals surface area contributed by atoms with E-state index in [1.807, 2.05) is 83.8 Å². The van der Waals surface area contributed by atoms with Gasteiger partial charge in [0, 0.05) is 16.8 Å². The van der Waals surface area contributed by atoms with E-state index in [4.69, 9.17) is 9.47 Å². The van der Waals surface area contributed by atoms with Crippen molar-refractivity contribution in [1.82, 2.24) is 10.2 Å². The largest absolute Gasteiger partial charge is 0.497 e. The third kappa shape index (κ3) is 3.13. The third-order valence-corrected chi connectivity index (χ3v) is 5.60. The van der Waals surface area contributed by atoms with E-state index in [0.29, 0.717) is 5.69 Å². The van der Waals surface area contributed by atoms with Gasteiger partial charge in [0.25, 0.3) is 5.91 Å². The highest BCUT2D eigenvalue weighted by atomic mass is 16.5. The second-order valence-corrected chi connectivity index (χ2v) is 7.28. The fourth-order valence-electron chi connectivity index (χ4n) is 4.07. The number of nitrogens with one attached hydrogen (secondary N) is 1. The molecule has 0 spiro atoms. The fraction of sp³-hybridized carbons (Fsp3) is 0.120. The van der Waals surface area contributed by atoms with Crippen molar-refractivity contribution in [3.05, 3.63) is 95.7 Å². The van der Waals surface area contributed by atoms with E-state index in [9.17, 15) is 4.79 Å². The number of aromatic amines is 1. The molecule has 6 heteroatoms. The minimum Gasteiger partial charge on any atom is -0.497 e. The summed E-state index contributed by atoms with van der Waals surface area (Å²) < 4.78 is 10.6. The molecule has 1 aromatic heterocycles. The summed E-state index contributed by atoms with van der Waals surface area (Å²) in [6, 6.07) is 24.9. The zero-order valence-electron chi connectivity index (χ0n) is 17.2. The van der Waals surface area contributed by atoms with Gasteiger partial charge in [0.2, 0.25) is 0 Å². The molecule has 0 fully saturated rings. The maximum absolute atomic E-state index is 13.5. The van der Waals surface area contributed by atoms with Gasteiger partial charge in [0.15, 0.2) is 0 Å². The first-order valence-corrected chi connectivity index (χ1v) is 9.96. The molecule has 1 aliphatic rings. The number of ether oxygens (including phenoxy) is 2. The molecule has 31 heavy (non-hydrogen) atoms. The van der Waals surface area contributed by atoms with Crippen LogP contribution in [0.5, 0.6) is 11.5 Å². The molecule has 1 N–H and O–H groups in total. The van der Waals surface area contributed by atoms with Gasteiger partial charge in [0.05, 0.1) is 26.0 Å². The van der Waals surface area contributed by atoms with Crippen LogP contribution >= 0.6 is 0 Å². The molecular formula is C25H21N3O3. The summed E-state index contributed by atoms with van der Waals surface area (Å²) in [5.74, 6) is 1.43. The molecule has 4 aromatic rings. The van der Waals surface area contributed by atoms with Crippen LogP contribution < -0.4 is 14.4 Å². The van der Waals surface area contributed by atoms with Crippen molar-refractivity contribution in [3.8, 4) is 22.8 Å². The minimum atomic E-state index is -0.313. The van der Waals surface area contributed by atoms with E-state index in [2.05, 4.69) is 10.2 Å². The molecule has 154 valence electrons. The number of methoxy groups -OCH3 is 2. The average molecular weight is 411 g/mol. The number of H-pyrrole nitrogens is 1. The van der Waals surface area contributed by atoms with Gasteiger partial charge in [0.1, 0.15) is 17.2 Å². The van der Waals surface area contributed by atoms with Crippen LogP contribution in [0.1, 0.15) is 27.7 Å². The zero-order valence-corrected chi connectivity index (χ0v) is 17.2. The molecule has 6 nitrogen and oxygen atoms in total. The van der Waals surface area contributed by atoms with Crippen molar-refractivity contribution in [1.29, 1.82) is 0 Å². The monoisotopic (exact) mass is 411 g/mol. The van der Waals surface area contributed by atoms with Gasteiger partial charge in [-0.05, 0) is 54.1 Å². The SMILES string of the molecule is COc1ccc(-c2n[nH]c3c2C(c2ccc(OC)cc2)N(c2ccccc2)C3=O)cc1. The summed E-state index contributed by atoms with van der Waals surface area (Å²) in [6.07, 6.45) is 0. The van der Waals surface area contributed by atoms with Crippen molar-refractivity contribution < 1.29 is 14.3 Å². The van der Waals surface area contributed by atoms with E-state index >= 15 is 0 Å². The number of nitrogens with zero attached hydrogens (tertiary/aromatic N) is 2. The number of hydrogen-bond acceptors (Lipinski definition) is 4. The number of carbonyl (C=O) groups is 1. The summed E-state index contributed by atoms with van der Waals surface area (Å²) >= 11 is 0. The van der Waals surface area contributed by atoms with Gasteiger partial charge in [-0.15, -0.1) is 0 Å². The normalized spacial score (nSPS) is 15.1. The Kier molecular flexibility index (Phi) is 4.67. The standard InChI is InChI=1S/C25H21N3O3/c1-30-19-12-8-16(9-13-19)22-21-23(27-26-22)25(29)28(18-6-4-3-5-7-18)24(21)17-10-14-20(31-2)15-11-17/h3-15,24H,1-2H3,(H,26,27). The topological polar surface area (TPSA) is 67.5 Å². The van der Waals surface area contributed by atoms with Crippen LogP contribution in [-0.4, -0.2) is 30.3 Å². The van der Waals surface area contributed by atoms with Crippen molar-refractivity contribution in [3.63, 3.8) is 0 Å². The number of hydrogen-bond donors (Lipinski definition) is 1. The summed E-state index contributed by atoms with van der Waals surface area (Å²) in [5.41, 5.74) is 4.86. The van der Waals surface area contributed by atoms with Gasteiger partial charge >= 0.3 is 0 Å². The molecule has 5 rings (SSSR count). The van der Waals surface area contributed by atoms with Crippen molar-refractivity contribution in [2.24, 2.45) is 0 Å². The molecule has 1 unspecified atom stereocenters. The van der Waals surface area contributed by atoms with Crippen molar-refractivity contribution >= 4 is 11.6 Å². The molecule has 1 aliphatic heterocycles. The number of rotatable bonds is 5. The quantitative estimate of drug-likeness (QED) is 0.510. The molecular weight excluding hydrogens is 390 g/mol. The number of anilines is 1. The number of aromatic nitrogens is 2. The lowest BCUT2D eigenvalue weighted by Gasteiger charge is -2.26. The van der Waals surface area contributed by atoms with Crippen LogP contribution in [0.2, 0.25) is 0 Å². The smallest absolute Gasteiger partial charge is 0.277 e. The first-order chi connectivity index (χ1) is 15.2. The zero-order chi connectivity index (χ0) is 21.4. The molecule has 2 heterocycles. The number of amides is 1. The van der Waals surface area contributed by atoms with Crippen LogP contribution in [0.4, 0.5) is 5.69 Å². The molecule has 1 amide bonds. The Morgan fingerprint density at radius 2 is 1.45 bits per heavy atom. The highest BCUT2D eigenvalue weighted by Gasteiger charge is 2.43. The molecule has 0 radical (unpaired) electrons. The predicted octanol–water partition coefficient (Wildman–Crippen LogP) is 4.84. The van der Waals surface area contributed by atoms with Gasteiger partial charge < -0.3 is 9.47 Å². The van der Waals surface area contributed by atoms with Crippen LogP contribution in [0, 0.1) is 0 Å². The van der Waals surface area contributed by atoms with Gasteiger partial charge in [-0.2, -0.15) is 5.10 Å². The second kappa shape index (κ2) is 7.65. The molecule has 0 bridgehead atoms. The second-order valence-electron chi connectivity index (χ2n) is 7.28. The Balaban J connectivity index is 1.68. The van der Waals surface area contributed by atoms with Crippen LogP contribution in [0.15, 0.2) is 78.9 Å². The highest BCUT2D eigenvalue weighted by molar-refractivity contribution is 6.11. The Bertz CT molecular complexity index is 1220. The van der Waals surface area contributed by atoms with Crippen LogP contribution in [0.3, 0.4) is 0 Å². The van der Waals surface area contributed by atoms with E-state index in [1.54, 1.807) is 14.2 Å². The van der Waals surface area contributed by atoms with Crippen molar-refractivity contribution in [2.45, 2.75) is 6.04 Å². The maximum atomic E-state index is 13.5. The first-order valence-electron chi connectivity index (χ1n) is 9.96. The molecule has 0 saturated carbocycles. The fourth-order valence-corrected chi connectivity index (χ4v) is 4.07. The first kappa shape index (κ1) is 18.9. The third-order valence-electron chi connectivity index (χ3n) is 5.60. The van der Waals surface area contributed by atoms with Gasteiger partial charge in [-0.1, -0.05) is 30.3 Å². The van der Waals surface area contributed by atoms with Gasteiger partial charge in [-0.25, -0.2) is 0 Å². The number of para-hydroxylation sites is 1. The summed E-state index contributed by atoms with van der Waals surface area (Å²) in [4.78, 5) is 15.3. The molecule has 1 atom stereocenters. The van der Waals surface area contributed by atoms with Crippen LogP contribution in [-0.2, 0) is 0 Å². The number of fused-ring (bicyclic) bond motifs is 1. The summed E-state index contributed by atoms with van der Waals surface area (Å²) in [6.45, 7) is 0. The lowest BCUT2D eigenvalue weighted by atomic mass is 9.95. The summed E-state index contributed by atoms with van der Waals surface area (Å²) in [5, 5.41) is 7.50. The Hall–Kier alpha value is -4.06. The Labute approximate surface area is 180 Å². The van der Waals surface area contributed by atoms with E-state index in [-0.39, 0.29) is 11.9 Å². The Morgan fingerprint density at radius 1 is 0.839 bits per heavy atom. The van der Waals surface area contributed by atoms with E-state index < -0.39 is 0 Å². The maximum Gasteiger partial charge on any atom is 0.277 e. The minimum absolute atomic E-state index is 0.103. The van der Waals surface area contributed by atoms with Crippen LogP contribution in [0.25, 0.3) is 11.3 Å². The number of carbonyl (C=O) groups excluding carboxylic acids is 1. The van der Waals surface area contributed by atoms with E-state index in [1.165, 1.54) is 0 Å². The average Bonchev–Trinajstić information content (AvgIpc) is 3.39. The molecule has 0 saturated heterocycles. The number of benzene rings is 3.